The Morgan fingerprint density at radius 1 is 0.327 bits per heavy atom. The molecule has 0 spiro atoms. The lowest BCUT2D eigenvalue weighted by Gasteiger charge is -2.15. The number of aromatic nitrogens is 2. The van der Waals surface area contributed by atoms with Gasteiger partial charge in [0, 0.05) is 36.9 Å². The molecule has 256 valence electrons. The van der Waals surface area contributed by atoms with E-state index in [2.05, 4.69) is 194 Å². The summed E-state index contributed by atoms with van der Waals surface area (Å²) in [7, 11) is 0. The van der Waals surface area contributed by atoms with Crippen molar-refractivity contribution in [1.29, 1.82) is 0 Å². The van der Waals surface area contributed by atoms with Crippen LogP contribution in [0.2, 0.25) is 0 Å². The summed E-state index contributed by atoms with van der Waals surface area (Å²) in [6.07, 6.45) is 0. The molecule has 0 saturated heterocycles. The van der Waals surface area contributed by atoms with Crippen molar-refractivity contribution in [3.8, 4) is 56.2 Å². The zero-order chi connectivity index (χ0) is 36.3. The number of hydrogen-bond acceptors (Lipinski definition) is 3. The molecule has 0 N–H and O–H groups in total. The van der Waals surface area contributed by atoms with Crippen LogP contribution in [0.1, 0.15) is 0 Å². The van der Waals surface area contributed by atoms with Crippen LogP contribution in [-0.4, -0.2) is 9.97 Å². The molecule has 0 fully saturated rings. The highest BCUT2D eigenvalue weighted by molar-refractivity contribution is 7.26. The fraction of sp³-hybridized carbons (Fsp3) is 0. The van der Waals surface area contributed by atoms with E-state index in [0.29, 0.717) is 5.82 Å². The molecule has 2 nitrogen and oxygen atoms in total. The van der Waals surface area contributed by atoms with Crippen molar-refractivity contribution in [2.45, 2.75) is 0 Å². The van der Waals surface area contributed by atoms with Gasteiger partial charge in [-0.1, -0.05) is 176 Å². The van der Waals surface area contributed by atoms with Gasteiger partial charge in [-0.15, -0.1) is 11.3 Å². The van der Waals surface area contributed by atoms with Crippen LogP contribution in [0.25, 0.3) is 109 Å². The quantitative estimate of drug-likeness (QED) is 0.131. The Morgan fingerprint density at radius 2 is 0.945 bits per heavy atom. The van der Waals surface area contributed by atoms with E-state index in [-0.39, 0.29) is 0 Å². The molecular weight excluding hydrogens is 685 g/mol. The van der Waals surface area contributed by atoms with Crippen molar-refractivity contribution >= 4 is 63.8 Å². The van der Waals surface area contributed by atoms with E-state index >= 15 is 0 Å². The molecule has 3 heteroatoms. The summed E-state index contributed by atoms with van der Waals surface area (Å²) in [5, 5.41) is 10.1. The van der Waals surface area contributed by atoms with Gasteiger partial charge in [0.15, 0.2) is 5.82 Å². The first-order valence-electron chi connectivity index (χ1n) is 18.6. The Kier molecular flexibility index (Phi) is 7.39. The van der Waals surface area contributed by atoms with E-state index in [0.717, 1.165) is 28.1 Å². The minimum atomic E-state index is 0.707. The number of nitrogens with zero attached hydrogens (tertiary/aromatic N) is 2. The normalized spacial score (nSPS) is 11.6. The van der Waals surface area contributed by atoms with E-state index < -0.39 is 0 Å². The van der Waals surface area contributed by atoms with Gasteiger partial charge in [-0.2, -0.15) is 0 Å². The molecule has 0 atom stereocenters. The van der Waals surface area contributed by atoms with Crippen LogP contribution in [0.3, 0.4) is 0 Å². The molecule has 0 amide bonds. The zero-order valence-electron chi connectivity index (χ0n) is 29.8. The maximum atomic E-state index is 5.32. The smallest absolute Gasteiger partial charge is 0.160 e. The minimum absolute atomic E-state index is 0.707. The third-order valence-corrected chi connectivity index (χ3v) is 12.1. The van der Waals surface area contributed by atoms with Crippen LogP contribution < -0.4 is 0 Å². The monoisotopic (exact) mass is 716 g/mol. The van der Waals surface area contributed by atoms with Gasteiger partial charge in [0.1, 0.15) is 0 Å². The van der Waals surface area contributed by atoms with Crippen LogP contribution in [0, 0.1) is 0 Å². The predicted octanol–water partition coefficient (Wildman–Crippen LogP) is 14.6. The van der Waals surface area contributed by atoms with Crippen molar-refractivity contribution in [1.82, 2.24) is 9.97 Å². The third kappa shape index (κ3) is 5.40. The third-order valence-electron chi connectivity index (χ3n) is 10.9. The highest BCUT2D eigenvalue weighted by Crippen LogP contribution is 2.42. The predicted molar refractivity (Wildman–Crippen MR) is 235 cm³/mol. The van der Waals surface area contributed by atoms with Crippen LogP contribution >= 0.6 is 11.3 Å². The van der Waals surface area contributed by atoms with Crippen LogP contribution in [0.4, 0.5) is 0 Å². The van der Waals surface area contributed by atoms with E-state index in [9.17, 15) is 0 Å². The number of rotatable bonds is 5. The number of thiophene rings is 1. The zero-order valence-corrected chi connectivity index (χ0v) is 30.6. The largest absolute Gasteiger partial charge is 0.228 e. The van der Waals surface area contributed by atoms with Crippen LogP contribution in [0.15, 0.2) is 194 Å². The van der Waals surface area contributed by atoms with Gasteiger partial charge in [0.25, 0.3) is 0 Å². The summed E-state index contributed by atoms with van der Waals surface area (Å²) in [5.74, 6) is 0.707. The number of fused-ring (bicyclic) bond motifs is 7. The first kappa shape index (κ1) is 31.6. The maximum Gasteiger partial charge on any atom is 0.160 e. The molecule has 0 saturated carbocycles. The Balaban J connectivity index is 1.08. The Bertz CT molecular complexity index is 3230. The van der Waals surface area contributed by atoms with Crippen molar-refractivity contribution < 1.29 is 0 Å². The molecule has 0 aliphatic carbocycles. The van der Waals surface area contributed by atoms with Crippen molar-refractivity contribution in [2.75, 3.05) is 0 Å². The molecule has 0 aliphatic heterocycles. The first-order valence-corrected chi connectivity index (χ1v) is 19.5. The molecular formula is C52H32N2S. The Morgan fingerprint density at radius 3 is 1.78 bits per heavy atom. The van der Waals surface area contributed by atoms with Gasteiger partial charge in [-0.25, -0.2) is 9.97 Å². The number of benzene rings is 9. The average molecular weight is 717 g/mol. The highest BCUT2D eigenvalue weighted by atomic mass is 32.1. The lowest BCUT2D eigenvalue weighted by atomic mass is 9.89. The van der Waals surface area contributed by atoms with Gasteiger partial charge in [-0.3, -0.25) is 0 Å². The lowest BCUT2D eigenvalue weighted by molar-refractivity contribution is 1.19. The standard InChI is InChI=1S/C52H32N2S/c1-2-11-33(12-3-1)34-21-23-36(24-22-34)47-32-48(45-19-10-18-44-42-17-8-9-20-49(42)55-51(44)45)54-52(53-47)38-27-25-37(26-28-38)50-41-16-7-5-14-39(41)31-46-40-15-6-4-13-35(40)29-30-43(46)50/h1-32H. The molecule has 9 aromatic carbocycles. The fourth-order valence-electron chi connectivity index (χ4n) is 8.19. The summed E-state index contributed by atoms with van der Waals surface area (Å²) in [5.41, 5.74) is 9.76. The molecule has 2 aromatic heterocycles. The lowest BCUT2D eigenvalue weighted by Crippen LogP contribution is -1.96. The summed E-state index contributed by atoms with van der Waals surface area (Å²) in [6, 6.07) is 69.7. The maximum absolute atomic E-state index is 5.32. The molecule has 0 unspecified atom stereocenters. The molecule has 0 bridgehead atoms. The minimum Gasteiger partial charge on any atom is -0.228 e. The SMILES string of the molecule is c1ccc(-c2ccc(-c3cc(-c4cccc5c4sc4ccccc45)nc(-c4ccc(-c5c6ccccc6cc6c5ccc5ccccc56)cc4)n3)cc2)cc1. The topological polar surface area (TPSA) is 25.8 Å². The second kappa shape index (κ2) is 12.9. The summed E-state index contributed by atoms with van der Waals surface area (Å²) < 4.78 is 2.52. The second-order valence-corrected chi connectivity index (χ2v) is 15.2. The van der Waals surface area contributed by atoms with E-state index in [1.807, 2.05) is 11.3 Å². The van der Waals surface area contributed by atoms with Gasteiger partial charge >= 0.3 is 0 Å². The van der Waals surface area contributed by atoms with Crippen LogP contribution in [-0.2, 0) is 0 Å². The summed E-state index contributed by atoms with van der Waals surface area (Å²) >= 11 is 1.83. The Hall–Kier alpha value is -6.94. The van der Waals surface area contributed by atoms with E-state index in [4.69, 9.17) is 9.97 Å². The summed E-state index contributed by atoms with van der Waals surface area (Å²) in [6.45, 7) is 0. The highest BCUT2D eigenvalue weighted by Gasteiger charge is 2.17. The Labute approximate surface area is 322 Å². The van der Waals surface area contributed by atoms with Gasteiger partial charge < -0.3 is 0 Å². The van der Waals surface area contributed by atoms with Crippen molar-refractivity contribution in [3.05, 3.63) is 194 Å². The van der Waals surface area contributed by atoms with Crippen molar-refractivity contribution in [2.24, 2.45) is 0 Å². The fourth-order valence-corrected chi connectivity index (χ4v) is 9.42. The van der Waals surface area contributed by atoms with Gasteiger partial charge in [0.05, 0.1) is 11.4 Å². The second-order valence-electron chi connectivity index (χ2n) is 14.1. The molecule has 2 heterocycles. The molecule has 0 aliphatic rings. The van der Waals surface area contributed by atoms with E-state index in [1.165, 1.54) is 74.7 Å². The summed E-state index contributed by atoms with van der Waals surface area (Å²) in [4.78, 5) is 10.6. The molecule has 55 heavy (non-hydrogen) atoms. The van der Waals surface area contributed by atoms with Gasteiger partial charge in [0.2, 0.25) is 0 Å². The van der Waals surface area contributed by atoms with Crippen molar-refractivity contribution in [3.63, 3.8) is 0 Å². The van der Waals surface area contributed by atoms with Crippen LogP contribution in [0.5, 0.6) is 0 Å². The number of hydrogen-bond donors (Lipinski definition) is 0. The molecule has 11 aromatic rings. The average Bonchev–Trinajstić information content (AvgIpc) is 3.65. The van der Waals surface area contributed by atoms with E-state index in [1.54, 1.807) is 0 Å². The first-order chi connectivity index (χ1) is 27.2. The van der Waals surface area contributed by atoms with Gasteiger partial charge in [-0.05, 0) is 72.8 Å². The molecule has 11 rings (SSSR count). The molecule has 0 radical (unpaired) electrons.